The van der Waals surface area contributed by atoms with Crippen LogP contribution in [0, 0.1) is 13.0 Å². The van der Waals surface area contributed by atoms with E-state index in [2.05, 4.69) is 26.3 Å². The molecule has 2 heterocycles. The molecule has 0 atom stereocenters. The van der Waals surface area contributed by atoms with Gasteiger partial charge in [0.15, 0.2) is 5.65 Å². The first-order valence-corrected chi connectivity index (χ1v) is 3.99. The molecule has 0 spiro atoms. The first-order chi connectivity index (χ1) is 6.29. The fraction of sp³-hybridized carbons (Fsp3) is 0.222. The Labute approximate surface area is 76.1 Å². The van der Waals surface area contributed by atoms with Gasteiger partial charge in [0.05, 0.1) is 0 Å². The van der Waals surface area contributed by atoms with Crippen molar-refractivity contribution in [1.82, 2.24) is 15.0 Å². The molecule has 4 heteroatoms. The second kappa shape index (κ2) is 2.97. The van der Waals surface area contributed by atoms with Crippen LogP contribution in [0.1, 0.15) is 5.69 Å². The fourth-order valence-electron chi connectivity index (χ4n) is 1.07. The van der Waals surface area contributed by atoms with E-state index < -0.39 is 0 Å². The number of anilines is 1. The Morgan fingerprint density at radius 3 is 3.00 bits per heavy atom. The van der Waals surface area contributed by atoms with E-state index in [4.69, 9.17) is 0 Å². The van der Waals surface area contributed by atoms with E-state index in [1.165, 1.54) is 0 Å². The molecule has 65 valence electrons. The largest absolute Gasteiger partial charge is 0.357 e. The molecular formula is C9H9N4. The summed E-state index contributed by atoms with van der Waals surface area (Å²) in [5, 5.41) is 3.77. The van der Waals surface area contributed by atoms with Crippen molar-refractivity contribution in [1.29, 1.82) is 0 Å². The molecule has 2 aromatic heterocycles. The summed E-state index contributed by atoms with van der Waals surface area (Å²) in [5.41, 5.74) is 1.55. The van der Waals surface area contributed by atoms with Crippen LogP contribution in [0.25, 0.3) is 11.0 Å². The predicted octanol–water partition coefficient (Wildman–Crippen LogP) is 1.18. The van der Waals surface area contributed by atoms with Crippen LogP contribution >= 0.6 is 0 Å². The number of nitrogens with zero attached hydrogens (tertiary/aromatic N) is 3. The standard InChI is InChI=1S/C9H9N4/c1-6-3-4-7-5-11-9(10-2)13-8(7)12-6/h4-5H,1-2H3,(H,10,11,12,13). The predicted molar refractivity (Wildman–Crippen MR) is 50.5 cm³/mol. The average molecular weight is 173 g/mol. The lowest BCUT2D eigenvalue weighted by Crippen LogP contribution is -1.97. The lowest BCUT2D eigenvalue weighted by Gasteiger charge is -1.99. The molecule has 0 aliphatic heterocycles. The Morgan fingerprint density at radius 1 is 1.38 bits per heavy atom. The van der Waals surface area contributed by atoms with Crippen LogP contribution in [0.2, 0.25) is 0 Å². The molecule has 0 saturated carbocycles. The Morgan fingerprint density at radius 2 is 2.23 bits per heavy atom. The van der Waals surface area contributed by atoms with Gasteiger partial charge in [0.2, 0.25) is 5.95 Å². The summed E-state index contributed by atoms with van der Waals surface area (Å²) in [6.45, 7) is 1.89. The van der Waals surface area contributed by atoms with E-state index >= 15 is 0 Å². The molecule has 0 fully saturated rings. The van der Waals surface area contributed by atoms with Crippen molar-refractivity contribution < 1.29 is 0 Å². The van der Waals surface area contributed by atoms with Gasteiger partial charge in [-0.1, -0.05) is 0 Å². The molecule has 0 bridgehead atoms. The second-order valence-electron chi connectivity index (χ2n) is 2.71. The molecule has 0 aliphatic carbocycles. The minimum atomic E-state index is 0.589. The van der Waals surface area contributed by atoms with Gasteiger partial charge in [0.25, 0.3) is 0 Å². The van der Waals surface area contributed by atoms with Crippen LogP contribution in [0.15, 0.2) is 12.3 Å². The monoisotopic (exact) mass is 173 g/mol. The van der Waals surface area contributed by atoms with Crippen LogP contribution in [0.3, 0.4) is 0 Å². The maximum atomic E-state index is 4.24. The van der Waals surface area contributed by atoms with Crippen molar-refractivity contribution in [2.75, 3.05) is 12.4 Å². The van der Waals surface area contributed by atoms with E-state index in [0.717, 1.165) is 11.1 Å². The quantitative estimate of drug-likeness (QED) is 0.703. The van der Waals surface area contributed by atoms with Gasteiger partial charge in [-0.15, -0.1) is 0 Å². The number of aryl methyl sites for hydroxylation is 1. The van der Waals surface area contributed by atoms with Crippen LogP contribution in [0.4, 0.5) is 5.95 Å². The van der Waals surface area contributed by atoms with Gasteiger partial charge in [-0.05, 0) is 13.0 Å². The number of aromatic nitrogens is 3. The smallest absolute Gasteiger partial charge is 0.224 e. The number of hydrogen-bond acceptors (Lipinski definition) is 4. The number of pyridine rings is 1. The van der Waals surface area contributed by atoms with E-state index in [9.17, 15) is 0 Å². The number of hydrogen-bond donors (Lipinski definition) is 1. The molecule has 4 nitrogen and oxygen atoms in total. The second-order valence-corrected chi connectivity index (χ2v) is 2.71. The Bertz CT molecular complexity index is 439. The molecular weight excluding hydrogens is 164 g/mol. The van der Waals surface area contributed by atoms with E-state index in [0.29, 0.717) is 11.6 Å². The molecule has 13 heavy (non-hydrogen) atoms. The number of rotatable bonds is 1. The third kappa shape index (κ3) is 1.42. The highest BCUT2D eigenvalue weighted by Crippen LogP contribution is 2.09. The number of fused-ring (bicyclic) bond motifs is 1. The molecule has 0 aromatic carbocycles. The zero-order chi connectivity index (χ0) is 9.26. The molecule has 0 amide bonds. The summed E-state index contributed by atoms with van der Waals surface area (Å²) >= 11 is 0. The summed E-state index contributed by atoms with van der Waals surface area (Å²) in [4.78, 5) is 12.5. The number of nitrogens with one attached hydrogen (secondary N) is 1. The van der Waals surface area contributed by atoms with E-state index in [1.54, 1.807) is 13.2 Å². The summed E-state index contributed by atoms with van der Waals surface area (Å²) in [7, 11) is 1.78. The van der Waals surface area contributed by atoms with Gasteiger partial charge in [-0.3, -0.25) is 0 Å². The molecule has 0 aliphatic rings. The Kier molecular flexibility index (Phi) is 1.81. The first kappa shape index (κ1) is 7.91. The van der Waals surface area contributed by atoms with Crippen LogP contribution in [-0.2, 0) is 0 Å². The lowest BCUT2D eigenvalue weighted by molar-refractivity contribution is 1.14. The zero-order valence-corrected chi connectivity index (χ0v) is 7.50. The first-order valence-electron chi connectivity index (χ1n) is 3.99. The fourth-order valence-corrected chi connectivity index (χ4v) is 1.07. The molecule has 1 radical (unpaired) electrons. The van der Waals surface area contributed by atoms with E-state index in [-0.39, 0.29) is 0 Å². The molecule has 0 saturated heterocycles. The molecule has 2 rings (SSSR count). The van der Waals surface area contributed by atoms with Gasteiger partial charge in [-0.2, -0.15) is 4.98 Å². The maximum absolute atomic E-state index is 4.24. The lowest BCUT2D eigenvalue weighted by atomic mass is 10.3. The van der Waals surface area contributed by atoms with Crippen LogP contribution < -0.4 is 5.32 Å². The third-order valence-corrected chi connectivity index (χ3v) is 1.73. The van der Waals surface area contributed by atoms with Crippen molar-refractivity contribution in [3.63, 3.8) is 0 Å². The average Bonchev–Trinajstić information content (AvgIpc) is 2.16. The van der Waals surface area contributed by atoms with Crippen LogP contribution in [-0.4, -0.2) is 22.0 Å². The van der Waals surface area contributed by atoms with Gasteiger partial charge >= 0.3 is 0 Å². The Hall–Kier alpha value is -1.71. The zero-order valence-electron chi connectivity index (χ0n) is 7.50. The minimum absolute atomic E-state index is 0.589. The highest BCUT2D eigenvalue weighted by atomic mass is 15.1. The van der Waals surface area contributed by atoms with Crippen molar-refractivity contribution in [2.45, 2.75) is 6.92 Å². The van der Waals surface area contributed by atoms with Crippen molar-refractivity contribution in [3.05, 3.63) is 24.0 Å². The minimum Gasteiger partial charge on any atom is -0.357 e. The van der Waals surface area contributed by atoms with Crippen molar-refractivity contribution in [2.24, 2.45) is 0 Å². The topological polar surface area (TPSA) is 50.7 Å². The molecule has 0 unspecified atom stereocenters. The van der Waals surface area contributed by atoms with Crippen molar-refractivity contribution >= 4 is 17.0 Å². The van der Waals surface area contributed by atoms with Crippen LogP contribution in [0.5, 0.6) is 0 Å². The normalized spacial score (nSPS) is 10.3. The summed E-state index contributed by atoms with van der Waals surface area (Å²) in [6, 6.07) is 4.84. The maximum Gasteiger partial charge on any atom is 0.224 e. The highest BCUT2D eigenvalue weighted by molar-refractivity contribution is 5.74. The Balaban J connectivity index is 2.68. The summed E-state index contributed by atoms with van der Waals surface area (Å²) in [6.07, 6.45) is 1.73. The van der Waals surface area contributed by atoms with E-state index in [1.807, 2.05) is 13.0 Å². The van der Waals surface area contributed by atoms with Crippen molar-refractivity contribution in [3.8, 4) is 0 Å². The molecule has 2 aromatic rings. The highest BCUT2D eigenvalue weighted by Gasteiger charge is 1.98. The summed E-state index contributed by atoms with van der Waals surface area (Å²) in [5.74, 6) is 0.589. The SMILES string of the molecule is CNc1ncc2c[c]c(C)nc2n1. The van der Waals surface area contributed by atoms with Gasteiger partial charge in [-0.25, -0.2) is 9.97 Å². The van der Waals surface area contributed by atoms with Gasteiger partial charge in [0.1, 0.15) is 0 Å². The third-order valence-electron chi connectivity index (χ3n) is 1.73. The summed E-state index contributed by atoms with van der Waals surface area (Å²) < 4.78 is 0. The van der Waals surface area contributed by atoms with Gasteiger partial charge in [0, 0.05) is 30.4 Å². The molecule has 1 N–H and O–H groups in total. The van der Waals surface area contributed by atoms with Gasteiger partial charge < -0.3 is 5.32 Å².